The van der Waals surface area contributed by atoms with E-state index in [1.165, 1.54) is 37.7 Å². The Balaban J connectivity index is 1.98. The Labute approximate surface area is 111 Å². The summed E-state index contributed by atoms with van der Waals surface area (Å²) < 4.78 is 0. The number of H-pyrrole nitrogens is 1. The number of pyridine rings is 1. The van der Waals surface area contributed by atoms with Crippen molar-refractivity contribution < 1.29 is 0 Å². The van der Waals surface area contributed by atoms with E-state index in [4.69, 9.17) is 0 Å². The SMILES string of the molecule is O=c1[nH]cc(C2CCCCC2)cc1-c1ncccn1. The van der Waals surface area contributed by atoms with E-state index in [-0.39, 0.29) is 5.56 Å². The molecule has 0 amide bonds. The van der Waals surface area contributed by atoms with Crippen LogP contribution in [-0.4, -0.2) is 15.0 Å². The lowest BCUT2D eigenvalue weighted by Crippen LogP contribution is -2.13. The van der Waals surface area contributed by atoms with E-state index < -0.39 is 0 Å². The molecule has 4 nitrogen and oxygen atoms in total. The van der Waals surface area contributed by atoms with Crippen molar-refractivity contribution in [2.45, 2.75) is 38.0 Å². The van der Waals surface area contributed by atoms with Gasteiger partial charge in [0.15, 0.2) is 5.82 Å². The predicted octanol–water partition coefficient (Wildman–Crippen LogP) is 2.88. The lowest BCUT2D eigenvalue weighted by atomic mass is 9.84. The minimum atomic E-state index is -0.120. The predicted molar refractivity (Wildman–Crippen MR) is 73.9 cm³/mol. The summed E-state index contributed by atoms with van der Waals surface area (Å²) in [5, 5.41) is 0. The molecule has 4 heteroatoms. The molecule has 1 N–H and O–H groups in total. The van der Waals surface area contributed by atoms with Gasteiger partial charge in [0, 0.05) is 18.6 Å². The molecule has 3 rings (SSSR count). The zero-order valence-corrected chi connectivity index (χ0v) is 10.8. The molecule has 1 saturated carbocycles. The summed E-state index contributed by atoms with van der Waals surface area (Å²) in [6.07, 6.45) is 11.5. The molecular weight excluding hydrogens is 238 g/mol. The van der Waals surface area contributed by atoms with E-state index in [2.05, 4.69) is 15.0 Å². The Morgan fingerprint density at radius 3 is 2.58 bits per heavy atom. The fourth-order valence-corrected chi connectivity index (χ4v) is 2.78. The van der Waals surface area contributed by atoms with Crippen molar-refractivity contribution >= 4 is 0 Å². The minimum Gasteiger partial charge on any atom is -0.328 e. The summed E-state index contributed by atoms with van der Waals surface area (Å²) in [5.74, 6) is 1.06. The van der Waals surface area contributed by atoms with Crippen LogP contribution in [0.2, 0.25) is 0 Å². The van der Waals surface area contributed by atoms with E-state index in [0.29, 0.717) is 17.3 Å². The van der Waals surface area contributed by atoms with Crippen molar-refractivity contribution in [3.63, 3.8) is 0 Å². The fraction of sp³-hybridized carbons (Fsp3) is 0.400. The van der Waals surface area contributed by atoms with Crippen molar-refractivity contribution in [3.8, 4) is 11.4 Å². The molecule has 0 bridgehead atoms. The van der Waals surface area contributed by atoms with E-state index in [1.807, 2.05) is 12.3 Å². The van der Waals surface area contributed by atoms with Crippen molar-refractivity contribution in [2.75, 3.05) is 0 Å². The zero-order chi connectivity index (χ0) is 13.1. The third-order valence-corrected chi connectivity index (χ3v) is 3.81. The first kappa shape index (κ1) is 12.1. The molecule has 0 radical (unpaired) electrons. The highest BCUT2D eigenvalue weighted by atomic mass is 16.1. The molecule has 98 valence electrons. The fourth-order valence-electron chi connectivity index (χ4n) is 2.78. The summed E-state index contributed by atoms with van der Waals surface area (Å²) in [7, 11) is 0. The number of aromatic amines is 1. The van der Waals surface area contributed by atoms with Gasteiger partial charge in [-0.2, -0.15) is 0 Å². The summed E-state index contributed by atoms with van der Waals surface area (Å²) in [5.41, 5.74) is 1.66. The lowest BCUT2D eigenvalue weighted by Gasteiger charge is -2.21. The first-order valence-corrected chi connectivity index (χ1v) is 6.84. The van der Waals surface area contributed by atoms with Crippen LogP contribution in [0.5, 0.6) is 0 Å². The van der Waals surface area contributed by atoms with Crippen molar-refractivity contribution in [2.24, 2.45) is 0 Å². The van der Waals surface area contributed by atoms with Gasteiger partial charge < -0.3 is 4.98 Å². The highest BCUT2D eigenvalue weighted by Gasteiger charge is 2.17. The first-order valence-electron chi connectivity index (χ1n) is 6.84. The van der Waals surface area contributed by atoms with Crippen LogP contribution in [0.1, 0.15) is 43.6 Å². The maximum Gasteiger partial charge on any atom is 0.259 e. The van der Waals surface area contributed by atoms with Crippen LogP contribution in [0.25, 0.3) is 11.4 Å². The van der Waals surface area contributed by atoms with Gasteiger partial charge in [-0.05, 0) is 36.5 Å². The smallest absolute Gasteiger partial charge is 0.259 e. The van der Waals surface area contributed by atoms with Gasteiger partial charge in [-0.1, -0.05) is 19.3 Å². The number of aromatic nitrogens is 3. The van der Waals surface area contributed by atoms with Gasteiger partial charge in [0.1, 0.15) is 0 Å². The van der Waals surface area contributed by atoms with Gasteiger partial charge >= 0.3 is 0 Å². The topological polar surface area (TPSA) is 58.6 Å². The Hall–Kier alpha value is -1.97. The maximum atomic E-state index is 11.9. The third kappa shape index (κ3) is 2.57. The largest absolute Gasteiger partial charge is 0.328 e. The zero-order valence-electron chi connectivity index (χ0n) is 10.8. The number of hydrogen-bond acceptors (Lipinski definition) is 3. The monoisotopic (exact) mass is 255 g/mol. The number of nitrogens with one attached hydrogen (secondary N) is 1. The van der Waals surface area contributed by atoms with Crippen LogP contribution < -0.4 is 5.56 Å². The summed E-state index contributed by atoms with van der Waals surface area (Å²) in [4.78, 5) is 23.1. The average molecular weight is 255 g/mol. The minimum absolute atomic E-state index is 0.120. The molecule has 1 fully saturated rings. The molecule has 1 aliphatic rings. The second kappa shape index (κ2) is 5.34. The summed E-state index contributed by atoms with van der Waals surface area (Å²) in [6.45, 7) is 0. The van der Waals surface area contributed by atoms with Gasteiger partial charge in [-0.15, -0.1) is 0 Å². The average Bonchev–Trinajstić information content (AvgIpc) is 2.49. The normalized spacial score (nSPS) is 16.4. The van der Waals surface area contributed by atoms with E-state index >= 15 is 0 Å². The molecule has 2 aromatic heterocycles. The van der Waals surface area contributed by atoms with Crippen molar-refractivity contribution in [3.05, 3.63) is 46.6 Å². The number of hydrogen-bond donors (Lipinski definition) is 1. The molecule has 0 aliphatic heterocycles. The van der Waals surface area contributed by atoms with Crippen LogP contribution in [0, 0.1) is 0 Å². The van der Waals surface area contributed by atoms with Gasteiger partial charge in [-0.3, -0.25) is 4.79 Å². The standard InChI is InChI=1S/C15H17N3O/c19-15-13(14-16-7-4-8-17-14)9-12(10-18-15)11-5-2-1-3-6-11/h4,7-11H,1-3,5-6H2,(H,18,19). The third-order valence-electron chi connectivity index (χ3n) is 3.81. The Bertz CT molecular complexity index is 600. The second-order valence-corrected chi connectivity index (χ2v) is 5.08. The maximum absolute atomic E-state index is 11.9. The van der Waals surface area contributed by atoms with E-state index in [0.717, 1.165) is 0 Å². The first-order chi connectivity index (χ1) is 9.34. The van der Waals surface area contributed by atoms with Crippen LogP contribution >= 0.6 is 0 Å². The van der Waals surface area contributed by atoms with Gasteiger partial charge in [0.05, 0.1) is 5.56 Å². The summed E-state index contributed by atoms with van der Waals surface area (Å²) >= 11 is 0. The van der Waals surface area contributed by atoms with E-state index in [1.54, 1.807) is 18.5 Å². The van der Waals surface area contributed by atoms with Gasteiger partial charge in [-0.25, -0.2) is 9.97 Å². The molecule has 19 heavy (non-hydrogen) atoms. The molecule has 0 unspecified atom stereocenters. The molecule has 2 aromatic rings. The van der Waals surface area contributed by atoms with Crippen molar-refractivity contribution in [1.29, 1.82) is 0 Å². The van der Waals surface area contributed by atoms with E-state index in [9.17, 15) is 4.79 Å². The highest BCUT2D eigenvalue weighted by Crippen LogP contribution is 2.32. The van der Waals surface area contributed by atoms with Gasteiger partial charge in [0.2, 0.25) is 0 Å². The molecule has 0 aromatic carbocycles. The van der Waals surface area contributed by atoms with Crippen LogP contribution in [-0.2, 0) is 0 Å². The van der Waals surface area contributed by atoms with Crippen LogP contribution in [0.15, 0.2) is 35.5 Å². The highest BCUT2D eigenvalue weighted by molar-refractivity contribution is 5.54. The second-order valence-electron chi connectivity index (χ2n) is 5.08. The Kier molecular flexibility index (Phi) is 3.40. The quantitative estimate of drug-likeness (QED) is 0.897. The molecular formula is C15H17N3O. The molecule has 1 aliphatic carbocycles. The molecule has 0 spiro atoms. The summed E-state index contributed by atoms with van der Waals surface area (Å²) in [6, 6.07) is 3.72. The Morgan fingerprint density at radius 2 is 1.84 bits per heavy atom. The van der Waals surface area contributed by atoms with Gasteiger partial charge in [0.25, 0.3) is 5.56 Å². The Morgan fingerprint density at radius 1 is 1.11 bits per heavy atom. The number of nitrogens with zero attached hydrogens (tertiary/aromatic N) is 2. The lowest BCUT2D eigenvalue weighted by molar-refractivity contribution is 0.443. The molecule has 0 atom stereocenters. The van der Waals surface area contributed by atoms with Crippen molar-refractivity contribution in [1.82, 2.24) is 15.0 Å². The molecule has 0 saturated heterocycles. The van der Waals surface area contributed by atoms with Crippen LogP contribution in [0.3, 0.4) is 0 Å². The van der Waals surface area contributed by atoms with Crippen LogP contribution in [0.4, 0.5) is 0 Å². The number of rotatable bonds is 2. The molecule has 2 heterocycles.